The van der Waals surface area contributed by atoms with Gasteiger partial charge in [-0.15, -0.1) is 0 Å². The van der Waals surface area contributed by atoms with E-state index in [1.165, 1.54) is 6.33 Å². The number of hydrogen-bond donors (Lipinski definition) is 1. The molecule has 1 N–H and O–H groups in total. The highest BCUT2D eigenvalue weighted by atomic mass is 35.5. The summed E-state index contributed by atoms with van der Waals surface area (Å²) in [6, 6.07) is 9.81. The molecule has 0 unspecified atom stereocenters. The Morgan fingerprint density at radius 2 is 2.04 bits per heavy atom. The van der Waals surface area contributed by atoms with E-state index in [4.69, 9.17) is 11.6 Å². The molecule has 6 nitrogen and oxygen atoms in total. The molecule has 0 radical (unpaired) electrons. The largest absolute Gasteiger partial charge is 0.313 e. The number of hydrogen-bond acceptors (Lipinski definition) is 4. The molecule has 0 atom stereocenters. The average molecular weight is 342 g/mol. The van der Waals surface area contributed by atoms with Gasteiger partial charge in [-0.3, -0.25) is 9.69 Å². The summed E-state index contributed by atoms with van der Waals surface area (Å²) in [6.45, 7) is 3.80. The van der Waals surface area contributed by atoms with Gasteiger partial charge in [-0.25, -0.2) is 9.67 Å². The molecule has 0 bridgehead atoms. The Labute approximate surface area is 143 Å². The first-order valence-corrected chi connectivity index (χ1v) is 8.08. The Morgan fingerprint density at radius 3 is 2.79 bits per heavy atom. The first-order valence-electron chi connectivity index (χ1n) is 7.70. The van der Waals surface area contributed by atoms with Gasteiger partial charge >= 0.3 is 0 Å². The lowest BCUT2D eigenvalue weighted by Crippen LogP contribution is -2.18. The number of H-pyrrole nitrogens is 1. The molecule has 1 aliphatic heterocycles. The van der Waals surface area contributed by atoms with Crippen LogP contribution in [0.1, 0.15) is 22.5 Å². The highest BCUT2D eigenvalue weighted by Gasteiger charge is 2.25. The Kier molecular flexibility index (Phi) is 3.70. The van der Waals surface area contributed by atoms with E-state index in [0.29, 0.717) is 24.8 Å². The number of halogens is 1. The molecular formula is C17H16ClN5O. The number of nitrogens with one attached hydrogen (secondary N) is 1. The minimum absolute atomic E-state index is 0.0645. The first kappa shape index (κ1) is 15.1. The number of benzene rings is 1. The van der Waals surface area contributed by atoms with Crippen molar-refractivity contribution < 1.29 is 0 Å². The third-order valence-electron chi connectivity index (χ3n) is 4.30. The van der Waals surface area contributed by atoms with Crippen molar-refractivity contribution in [3.63, 3.8) is 0 Å². The molecule has 4 rings (SSSR count). The number of nitrogens with zero attached hydrogens (tertiary/aromatic N) is 4. The minimum Gasteiger partial charge on any atom is -0.313 e. The first-order chi connectivity index (χ1) is 11.6. The van der Waals surface area contributed by atoms with Crippen LogP contribution >= 0.6 is 11.6 Å². The highest BCUT2D eigenvalue weighted by Crippen LogP contribution is 2.27. The van der Waals surface area contributed by atoms with E-state index in [1.54, 1.807) is 4.68 Å². The van der Waals surface area contributed by atoms with Gasteiger partial charge in [0.15, 0.2) is 0 Å². The Hall–Kier alpha value is -2.44. The summed E-state index contributed by atoms with van der Waals surface area (Å²) in [6.07, 6.45) is 1.45. The molecule has 0 aliphatic carbocycles. The van der Waals surface area contributed by atoms with Gasteiger partial charge < -0.3 is 4.98 Å². The van der Waals surface area contributed by atoms with Gasteiger partial charge in [0.2, 0.25) is 0 Å². The van der Waals surface area contributed by atoms with E-state index in [-0.39, 0.29) is 5.56 Å². The predicted molar refractivity (Wildman–Crippen MR) is 91.1 cm³/mol. The van der Waals surface area contributed by atoms with Crippen LogP contribution in [0.25, 0.3) is 5.69 Å². The van der Waals surface area contributed by atoms with E-state index in [1.807, 2.05) is 37.3 Å². The normalized spacial score (nSPS) is 14.1. The fourth-order valence-corrected chi connectivity index (χ4v) is 3.37. The molecule has 0 saturated heterocycles. The zero-order chi connectivity index (χ0) is 16.7. The summed E-state index contributed by atoms with van der Waals surface area (Å²) in [5.41, 5.74) is 4.31. The lowest BCUT2D eigenvalue weighted by molar-refractivity contribution is 0.273. The number of fused-ring (bicyclic) bond motifs is 1. The second kappa shape index (κ2) is 5.89. The molecule has 0 amide bonds. The predicted octanol–water partition coefficient (Wildman–Crippen LogP) is 2.43. The van der Waals surface area contributed by atoms with Crippen LogP contribution in [-0.4, -0.2) is 24.6 Å². The van der Waals surface area contributed by atoms with E-state index in [2.05, 4.69) is 20.0 Å². The van der Waals surface area contributed by atoms with Gasteiger partial charge in [0.1, 0.15) is 5.15 Å². The van der Waals surface area contributed by atoms with Gasteiger partial charge in [-0.1, -0.05) is 29.8 Å². The maximum Gasteiger partial charge on any atom is 0.255 e. The van der Waals surface area contributed by atoms with Crippen molar-refractivity contribution in [2.45, 2.75) is 26.6 Å². The summed E-state index contributed by atoms with van der Waals surface area (Å²) in [5.74, 6) is 0. The summed E-state index contributed by atoms with van der Waals surface area (Å²) < 4.78 is 1.75. The van der Waals surface area contributed by atoms with Crippen molar-refractivity contribution in [2.75, 3.05) is 0 Å². The van der Waals surface area contributed by atoms with E-state index in [9.17, 15) is 4.79 Å². The van der Waals surface area contributed by atoms with E-state index < -0.39 is 0 Å². The van der Waals surface area contributed by atoms with Gasteiger partial charge in [-0.2, -0.15) is 5.10 Å². The Bertz CT molecular complexity index is 947. The standard InChI is InChI=1S/C17H16ClN5O/c1-11-13(16(18)23(21-11)12-5-3-2-4-6-12)7-22-8-14-15(9-22)19-10-20-17(14)24/h2-6,10H,7-9H2,1H3,(H,19,20,24). The van der Waals surface area contributed by atoms with Gasteiger partial charge in [0.05, 0.1) is 29.0 Å². The third-order valence-corrected chi connectivity index (χ3v) is 4.69. The van der Waals surface area contributed by atoms with Crippen LogP contribution in [0.4, 0.5) is 0 Å². The zero-order valence-electron chi connectivity index (χ0n) is 13.2. The number of aromatic nitrogens is 4. The van der Waals surface area contributed by atoms with Crippen molar-refractivity contribution in [1.82, 2.24) is 24.6 Å². The summed E-state index contributed by atoms with van der Waals surface area (Å²) in [4.78, 5) is 20.9. The monoisotopic (exact) mass is 341 g/mol. The molecular weight excluding hydrogens is 326 g/mol. The zero-order valence-corrected chi connectivity index (χ0v) is 13.9. The lowest BCUT2D eigenvalue weighted by Gasteiger charge is -2.14. The van der Waals surface area contributed by atoms with Gasteiger partial charge in [0.25, 0.3) is 5.56 Å². The molecule has 7 heteroatoms. The van der Waals surface area contributed by atoms with Gasteiger partial charge in [-0.05, 0) is 19.1 Å². The number of aromatic amines is 1. The smallest absolute Gasteiger partial charge is 0.255 e. The fourth-order valence-electron chi connectivity index (χ4n) is 3.04. The van der Waals surface area contributed by atoms with Crippen LogP contribution in [0, 0.1) is 6.92 Å². The maximum absolute atomic E-state index is 11.9. The van der Waals surface area contributed by atoms with Crippen molar-refractivity contribution >= 4 is 11.6 Å². The highest BCUT2D eigenvalue weighted by molar-refractivity contribution is 6.30. The van der Waals surface area contributed by atoms with Crippen LogP contribution < -0.4 is 5.56 Å². The summed E-state index contributed by atoms with van der Waals surface area (Å²) in [5, 5.41) is 5.17. The fraction of sp³-hybridized carbons (Fsp3) is 0.235. The minimum atomic E-state index is -0.0645. The molecule has 24 heavy (non-hydrogen) atoms. The lowest BCUT2D eigenvalue weighted by atomic mass is 10.2. The van der Waals surface area contributed by atoms with Crippen molar-refractivity contribution in [2.24, 2.45) is 0 Å². The molecule has 0 fully saturated rings. The Morgan fingerprint density at radius 1 is 1.25 bits per heavy atom. The molecule has 1 aliphatic rings. The quantitative estimate of drug-likeness (QED) is 0.794. The molecule has 3 heterocycles. The second-order valence-electron chi connectivity index (χ2n) is 5.90. The van der Waals surface area contributed by atoms with Crippen LogP contribution in [0.3, 0.4) is 0 Å². The van der Waals surface area contributed by atoms with Crippen molar-refractivity contribution in [3.05, 3.63) is 74.7 Å². The molecule has 3 aromatic rings. The van der Waals surface area contributed by atoms with Crippen LogP contribution in [0.2, 0.25) is 5.15 Å². The summed E-state index contributed by atoms with van der Waals surface area (Å²) >= 11 is 6.58. The molecule has 1 aromatic carbocycles. The van der Waals surface area contributed by atoms with E-state index >= 15 is 0 Å². The van der Waals surface area contributed by atoms with Gasteiger partial charge in [0, 0.05) is 25.2 Å². The van der Waals surface area contributed by atoms with Crippen LogP contribution in [-0.2, 0) is 19.6 Å². The second-order valence-corrected chi connectivity index (χ2v) is 6.26. The maximum atomic E-state index is 11.9. The Balaban J connectivity index is 1.62. The topological polar surface area (TPSA) is 66.8 Å². The molecule has 122 valence electrons. The van der Waals surface area contributed by atoms with Crippen LogP contribution in [0.5, 0.6) is 0 Å². The molecule has 0 saturated carbocycles. The SMILES string of the molecule is Cc1nn(-c2ccccc2)c(Cl)c1CN1Cc2nc[nH]c(=O)c2C1. The number of rotatable bonds is 3. The third kappa shape index (κ3) is 2.53. The molecule has 2 aromatic heterocycles. The number of para-hydroxylation sites is 1. The average Bonchev–Trinajstić information content (AvgIpc) is 3.13. The summed E-state index contributed by atoms with van der Waals surface area (Å²) in [7, 11) is 0. The van der Waals surface area contributed by atoms with Crippen molar-refractivity contribution in [1.29, 1.82) is 0 Å². The van der Waals surface area contributed by atoms with Crippen molar-refractivity contribution in [3.8, 4) is 5.69 Å². The number of aryl methyl sites for hydroxylation is 1. The molecule has 0 spiro atoms. The van der Waals surface area contributed by atoms with Crippen LogP contribution in [0.15, 0.2) is 41.5 Å². The van der Waals surface area contributed by atoms with E-state index in [0.717, 1.165) is 28.2 Å².